The third kappa shape index (κ3) is 10.1. The minimum Gasteiger partial charge on any atom is -0.458 e. The van der Waals surface area contributed by atoms with Gasteiger partial charge in [0, 0.05) is 40.1 Å². The topological polar surface area (TPSA) is 35.9 Å². The molecule has 78 heavy (non-hydrogen) atoms. The first-order valence-corrected chi connectivity index (χ1v) is 28.3. The summed E-state index contributed by atoms with van der Waals surface area (Å²) in [6.07, 6.45) is 8.13. The van der Waals surface area contributed by atoms with E-state index in [1.807, 2.05) is 6.20 Å². The van der Waals surface area contributed by atoms with E-state index >= 15 is 0 Å². The van der Waals surface area contributed by atoms with Crippen molar-refractivity contribution in [3.63, 3.8) is 0 Å². The molecule has 0 fully saturated rings. The molecule has 0 saturated heterocycles. The van der Waals surface area contributed by atoms with E-state index in [2.05, 4.69) is 301 Å². The number of benzene rings is 7. The Morgan fingerprint density at radius 2 is 1.10 bits per heavy atom. The van der Waals surface area contributed by atoms with Crippen molar-refractivity contribution in [1.29, 1.82) is 0 Å². The predicted octanol–water partition coefficient (Wildman–Crippen LogP) is 19.1. The number of para-hydroxylation sites is 1. The van der Waals surface area contributed by atoms with Gasteiger partial charge in [0.15, 0.2) is 0 Å². The molecule has 7 aromatic carbocycles. The SMILES string of the molecule is CC(C)c1cc(C(C)C)c(-c2ccnc(-n3c4ccccc4c4c(C(C)(C)c5ccccc5)cc(Oc5cccc(-n6[c-][n+](-c7cc(C(C)(C)C)cc(C(C)(C)C)c7)cc6C(C)(C)c6ccccc6)c5)cc43)c2)c(C(C)C)c1. The summed E-state index contributed by atoms with van der Waals surface area (Å²) in [4.78, 5) is 5.23. The molecule has 0 bridgehead atoms. The standard InChI is InChI=1S/C73H80N4O/c1-47(2)51-36-61(48(3)4)68(62(37-51)49(5)6)50-34-35-74-67(38-50)77-64-33-24-23-32-60(64)69-63(72(13,14)52-26-19-17-20-27-52)43-59(44-65(69)77)78-58-31-25-30-56(42-58)76-46-75(45-66(76)73(15,16)53-28-21-18-22-29-53)57-40-54(70(7,8)9)39-55(41-57)71(10,11)12/h17-45,47-49H,1-16H3. The number of nitrogens with zero attached hydrogens (tertiary/aromatic N) is 4. The summed E-state index contributed by atoms with van der Waals surface area (Å²) in [5, 5.41) is 2.36. The van der Waals surface area contributed by atoms with E-state index in [-0.39, 0.29) is 16.2 Å². The Labute approximate surface area is 465 Å². The van der Waals surface area contributed by atoms with Crippen molar-refractivity contribution in [3.05, 3.63) is 233 Å². The number of hydrogen-bond donors (Lipinski definition) is 0. The van der Waals surface area contributed by atoms with Gasteiger partial charge in [-0.05, 0) is 139 Å². The Morgan fingerprint density at radius 1 is 0.513 bits per heavy atom. The molecule has 3 heterocycles. The third-order valence-electron chi connectivity index (χ3n) is 16.4. The quantitative estimate of drug-likeness (QED) is 0.0852. The van der Waals surface area contributed by atoms with Crippen LogP contribution < -0.4 is 9.30 Å². The fourth-order valence-electron chi connectivity index (χ4n) is 11.4. The van der Waals surface area contributed by atoms with Crippen LogP contribution in [0.15, 0.2) is 176 Å². The number of pyridine rings is 1. The highest BCUT2D eigenvalue weighted by Crippen LogP contribution is 2.46. The molecular weight excluding hydrogens is 949 g/mol. The second-order valence-electron chi connectivity index (χ2n) is 25.8. The largest absolute Gasteiger partial charge is 0.458 e. The molecule has 5 nitrogen and oxygen atoms in total. The van der Waals surface area contributed by atoms with Gasteiger partial charge in [-0.15, -0.1) is 0 Å². The predicted molar refractivity (Wildman–Crippen MR) is 327 cm³/mol. The number of fused-ring (bicyclic) bond motifs is 3. The minimum atomic E-state index is -0.412. The molecule has 0 unspecified atom stereocenters. The number of aromatic nitrogens is 4. The van der Waals surface area contributed by atoms with Crippen molar-refractivity contribution in [2.45, 2.75) is 150 Å². The molecule has 0 aliphatic rings. The van der Waals surface area contributed by atoms with E-state index in [1.54, 1.807) is 0 Å². The molecule has 5 heteroatoms. The van der Waals surface area contributed by atoms with Crippen molar-refractivity contribution < 1.29 is 9.30 Å². The lowest BCUT2D eigenvalue weighted by atomic mass is 9.76. The number of hydrogen-bond acceptors (Lipinski definition) is 2. The van der Waals surface area contributed by atoms with Gasteiger partial charge in [0.05, 0.1) is 28.1 Å². The highest BCUT2D eigenvalue weighted by atomic mass is 16.5. The second-order valence-corrected chi connectivity index (χ2v) is 25.8. The summed E-state index contributed by atoms with van der Waals surface area (Å²) in [6.45, 7) is 36.9. The van der Waals surface area contributed by atoms with Gasteiger partial charge in [-0.3, -0.25) is 13.7 Å². The van der Waals surface area contributed by atoms with Gasteiger partial charge in [0.2, 0.25) is 0 Å². The third-order valence-corrected chi connectivity index (χ3v) is 16.4. The number of imidazole rings is 1. The van der Waals surface area contributed by atoms with Gasteiger partial charge in [-0.1, -0.05) is 214 Å². The van der Waals surface area contributed by atoms with E-state index in [0.29, 0.717) is 17.8 Å². The van der Waals surface area contributed by atoms with Crippen molar-refractivity contribution in [1.82, 2.24) is 14.1 Å². The van der Waals surface area contributed by atoms with Gasteiger partial charge < -0.3 is 4.74 Å². The summed E-state index contributed by atoms with van der Waals surface area (Å²) in [6, 6.07) is 59.9. The highest BCUT2D eigenvalue weighted by Gasteiger charge is 2.32. The second kappa shape index (κ2) is 20.4. The lowest BCUT2D eigenvalue weighted by molar-refractivity contribution is -0.599. The summed E-state index contributed by atoms with van der Waals surface area (Å²) >= 11 is 0. The Hall–Kier alpha value is -7.50. The van der Waals surface area contributed by atoms with Crippen molar-refractivity contribution in [2.75, 3.05) is 0 Å². The van der Waals surface area contributed by atoms with Crippen LogP contribution in [0.4, 0.5) is 0 Å². The Kier molecular flexibility index (Phi) is 14.1. The molecule has 0 spiro atoms. The average molecular weight is 1030 g/mol. The normalized spacial score (nSPS) is 12.7. The first-order valence-electron chi connectivity index (χ1n) is 28.3. The summed E-state index contributed by atoms with van der Waals surface area (Å²) in [5.41, 5.74) is 17.2. The van der Waals surface area contributed by atoms with Gasteiger partial charge in [-0.25, -0.2) is 4.98 Å². The zero-order valence-corrected chi connectivity index (χ0v) is 49.2. The Bertz CT molecular complexity index is 3750. The van der Waals surface area contributed by atoms with Crippen LogP contribution in [0.1, 0.15) is 179 Å². The van der Waals surface area contributed by atoms with Crippen LogP contribution in [0.3, 0.4) is 0 Å². The maximum Gasteiger partial charge on any atom is 0.269 e. The van der Waals surface area contributed by atoms with Gasteiger partial charge in [0.1, 0.15) is 17.3 Å². The van der Waals surface area contributed by atoms with Gasteiger partial charge in [-0.2, -0.15) is 0 Å². The summed E-state index contributed by atoms with van der Waals surface area (Å²) in [7, 11) is 0. The van der Waals surface area contributed by atoms with Crippen molar-refractivity contribution in [2.24, 2.45) is 0 Å². The maximum atomic E-state index is 7.26. The van der Waals surface area contributed by atoms with Gasteiger partial charge in [0.25, 0.3) is 6.33 Å². The molecule has 0 atom stereocenters. The monoisotopic (exact) mass is 1030 g/mol. The molecule has 10 aromatic rings. The first kappa shape index (κ1) is 53.9. The number of rotatable bonds is 13. The average Bonchev–Trinajstić information content (AvgIpc) is 4.17. The molecule has 0 saturated carbocycles. The molecule has 0 N–H and O–H groups in total. The molecule has 0 radical (unpaired) electrons. The van der Waals surface area contributed by atoms with Crippen LogP contribution in [-0.4, -0.2) is 14.1 Å². The Morgan fingerprint density at radius 3 is 1.69 bits per heavy atom. The maximum absolute atomic E-state index is 7.26. The highest BCUT2D eigenvalue weighted by molar-refractivity contribution is 6.12. The van der Waals surface area contributed by atoms with Crippen LogP contribution in [-0.2, 0) is 21.7 Å². The minimum absolute atomic E-state index is 0.0415. The van der Waals surface area contributed by atoms with Crippen molar-refractivity contribution >= 4 is 21.8 Å². The van der Waals surface area contributed by atoms with Crippen LogP contribution in [0.2, 0.25) is 0 Å². The molecular formula is C73H80N4O. The lowest BCUT2D eigenvalue weighted by Crippen LogP contribution is -2.30. The summed E-state index contributed by atoms with van der Waals surface area (Å²) in [5.74, 6) is 3.45. The fraction of sp³-hybridized carbons (Fsp3) is 0.315. The fourth-order valence-corrected chi connectivity index (χ4v) is 11.4. The van der Waals surface area contributed by atoms with E-state index in [0.717, 1.165) is 45.4 Å². The van der Waals surface area contributed by atoms with Crippen LogP contribution in [0.25, 0.3) is 50.1 Å². The Balaban J connectivity index is 1.17. The van der Waals surface area contributed by atoms with E-state index < -0.39 is 5.41 Å². The lowest BCUT2D eigenvalue weighted by Gasteiger charge is -2.28. The first-order chi connectivity index (χ1) is 36.9. The molecule has 0 aliphatic carbocycles. The van der Waals surface area contributed by atoms with Crippen LogP contribution in [0.5, 0.6) is 11.5 Å². The molecule has 10 rings (SSSR count). The number of ether oxygens (including phenoxy) is 1. The molecule has 0 aliphatic heterocycles. The van der Waals surface area contributed by atoms with Crippen LogP contribution in [0, 0.1) is 6.33 Å². The smallest absolute Gasteiger partial charge is 0.269 e. The molecule has 0 amide bonds. The van der Waals surface area contributed by atoms with E-state index in [4.69, 9.17) is 9.72 Å². The zero-order chi connectivity index (χ0) is 55.6. The van der Waals surface area contributed by atoms with E-state index in [1.165, 1.54) is 66.4 Å². The molecule has 398 valence electrons. The molecule has 3 aromatic heterocycles. The van der Waals surface area contributed by atoms with Crippen molar-refractivity contribution in [3.8, 4) is 39.8 Å². The summed E-state index contributed by atoms with van der Waals surface area (Å²) < 4.78 is 14.0. The van der Waals surface area contributed by atoms with Gasteiger partial charge >= 0.3 is 0 Å². The van der Waals surface area contributed by atoms with Crippen LogP contribution >= 0.6 is 0 Å². The van der Waals surface area contributed by atoms with E-state index in [9.17, 15) is 0 Å². The zero-order valence-electron chi connectivity index (χ0n) is 49.2.